The van der Waals surface area contributed by atoms with Crippen LogP contribution in [0.1, 0.15) is 56.6 Å². The Bertz CT molecular complexity index is 1250. The Balaban J connectivity index is 1.70. The molecule has 3 aromatic rings. The van der Waals surface area contributed by atoms with Crippen molar-refractivity contribution in [1.29, 1.82) is 0 Å². The normalized spacial score (nSPS) is 14.3. The quantitative estimate of drug-likeness (QED) is 0.153. The number of nitrogens with one attached hydrogen (secondary N) is 2. The molecule has 0 saturated heterocycles. The van der Waals surface area contributed by atoms with E-state index in [1.54, 1.807) is 49.2 Å². The molecule has 0 aliphatic rings. The predicted molar refractivity (Wildman–Crippen MR) is 142 cm³/mol. The van der Waals surface area contributed by atoms with Crippen molar-refractivity contribution in [2.45, 2.75) is 65.1 Å². The lowest BCUT2D eigenvalue weighted by atomic mass is 10.1. The number of aromatic nitrogens is 4. The zero-order chi connectivity index (χ0) is 27.1. The third kappa shape index (κ3) is 7.81. The monoisotopic (exact) mass is 551 g/mol. The van der Waals surface area contributed by atoms with Crippen molar-refractivity contribution in [2.75, 3.05) is 18.7 Å². The Morgan fingerprint density at radius 2 is 2.05 bits per heavy atom. The Hall–Kier alpha value is -2.86. The predicted octanol–water partition coefficient (Wildman–Crippen LogP) is 3.56. The molecule has 1 amide bonds. The van der Waals surface area contributed by atoms with Crippen LogP contribution in [0.3, 0.4) is 0 Å². The van der Waals surface area contributed by atoms with Gasteiger partial charge in [-0.1, -0.05) is 25.8 Å². The number of thiophene rings is 1. The van der Waals surface area contributed by atoms with E-state index in [2.05, 4.69) is 32.1 Å². The molecule has 0 spiro atoms. The Kier molecular flexibility index (Phi) is 9.77. The van der Waals surface area contributed by atoms with Crippen LogP contribution < -0.4 is 15.9 Å². The van der Waals surface area contributed by atoms with Crippen LogP contribution in [-0.2, 0) is 25.4 Å². The van der Waals surface area contributed by atoms with Crippen molar-refractivity contribution in [1.82, 2.24) is 29.7 Å². The number of hydrogen-bond acceptors (Lipinski definition) is 10. The molecule has 0 unspecified atom stereocenters. The Morgan fingerprint density at radius 3 is 2.76 bits per heavy atom. The molecule has 3 rings (SSSR count). The van der Waals surface area contributed by atoms with E-state index in [-0.39, 0.29) is 18.8 Å². The Morgan fingerprint density at radius 1 is 1.27 bits per heavy atom. The van der Waals surface area contributed by atoms with Gasteiger partial charge >= 0.3 is 5.97 Å². The zero-order valence-electron chi connectivity index (χ0n) is 21.5. The first-order chi connectivity index (χ1) is 17.5. The number of carbonyl (C=O) groups is 2. The van der Waals surface area contributed by atoms with Crippen molar-refractivity contribution >= 4 is 47.6 Å². The number of nitrogens with zero attached hydrogens (tertiary/aromatic N) is 4. The fraction of sp³-hybridized carbons (Fsp3) is 0.522. The summed E-state index contributed by atoms with van der Waals surface area (Å²) >= 11 is 1.22. The van der Waals surface area contributed by atoms with E-state index in [1.807, 2.05) is 0 Å². The second-order valence-corrected chi connectivity index (χ2v) is 12.3. The van der Waals surface area contributed by atoms with E-state index in [9.17, 15) is 14.2 Å². The van der Waals surface area contributed by atoms with Crippen LogP contribution in [0.25, 0.3) is 11.2 Å². The number of unbranched alkanes of at least 4 members (excludes halogenated alkanes) is 2. The number of imidazole rings is 1. The fourth-order valence-corrected chi connectivity index (χ4v) is 6.29. The lowest BCUT2D eigenvalue weighted by molar-refractivity contribution is -0.149. The molecule has 3 aromatic heterocycles. The van der Waals surface area contributed by atoms with Crippen molar-refractivity contribution in [3.63, 3.8) is 0 Å². The molecule has 3 heterocycles. The molecule has 0 radical (unpaired) electrons. The minimum absolute atomic E-state index is 0.268. The van der Waals surface area contributed by atoms with Gasteiger partial charge in [0.25, 0.3) is 13.4 Å². The fourth-order valence-electron chi connectivity index (χ4n) is 3.51. The van der Waals surface area contributed by atoms with E-state index < -0.39 is 31.0 Å². The standard InChI is InChI=1S/C23H34N7O5PS/c1-5-6-7-10-34-22(32)23(3,4)29-36(33,28-21(31)17-9-8-11-37-17)15-35-16(2)12-30-14-27-18-19(24)25-13-26-20(18)30/h8-9,11,13-14,16H,5-7,10,12,15H2,1-4H3,(H2,24,25,26)(H2,28,29,31,33)/t16-,36+/m1/s1. The first kappa shape index (κ1) is 28.7. The number of rotatable bonds is 14. The minimum atomic E-state index is -3.77. The molecule has 37 heavy (non-hydrogen) atoms. The number of esters is 1. The van der Waals surface area contributed by atoms with Gasteiger partial charge in [-0.15, -0.1) is 11.3 Å². The molecule has 14 heteroatoms. The average molecular weight is 552 g/mol. The lowest BCUT2D eigenvalue weighted by Gasteiger charge is -2.31. The SMILES string of the molecule is CCCCCOC(=O)C(C)(C)N[P@](=O)(CO[C@H](C)Cn1cnc2c(N)ncnc21)NC(=O)c1cccs1. The van der Waals surface area contributed by atoms with Crippen LogP contribution in [0.4, 0.5) is 5.82 Å². The van der Waals surface area contributed by atoms with E-state index in [0.717, 1.165) is 19.3 Å². The van der Waals surface area contributed by atoms with E-state index in [4.69, 9.17) is 15.2 Å². The van der Waals surface area contributed by atoms with Crippen LogP contribution in [-0.4, -0.2) is 56.0 Å². The van der Waals surface area contributed by atoms with Gasteiger partial charge in [-0.05, 0) is 38.6 Å². The molecule has 0 saturated carbocycles. The molecule has 0 aliphatic carbocycles. The molecule has 0 aliphatic heterocycles. The van der Waals surface area contributed by atoms with Gasteiger partial charge < -0.3 is 19.8 Å². The highest BCUT2D eigenvalue weighted by Gasteiger charge is 2.39. The molecule has 4 N–H and O–H groups in total. The van der Waals surface area contributed by atoms with Gasteiger partial charge in [0.05, 0.1) is 30.5 Å². The van der Waals surface area contributed by atoms with Crippen LogP contribution in [0, 0.1) is 0 Å². The van der Waals surface area contributed by atoms with Gasteiger partial charge in [0.2, 0.25) is 0 Å². The molecular formula is C23H34N7O5PS. The molecular weight excluding hydrogens is 517 g/mol. The number of ether oxygens (including phenoxy) is 2. The Labute approximate surface area is 219 Å². The van der Waals surface area contributed by atoms with Gasteiger partial charge in [-0.3, -0.25) is 19.2 Å². The number of amides is 1. The average Bonchev–Trinajstić information content (AvgIpc) is 3.52. The first-order valence-corrected chi connectivity index (χ1v) is 14.8. The van der Waals surface area contributed by atoms with Gasteiger partial charge in [-0.2, -0.15) is 0 Å². The summed E-state index contributed by atoms with van der Waals surface area (Å²) in [5.74, 6) is -0.822. The maximum absolute atomic E-state index is 14.0. The van der Waals surface area contributed by atoms with E-state index in [1.165, 1.54) is 17.7 Å². The smallest absolute Gasteiger partial charge is 0.326 e. The maximum atomic E-state index is 14.0. The molecule has 202 valence electrons. The topological polar surface area (TPSA) is 163 Å². The third-order valence-corrected chi connectivity index (χ3v) is 8.27. The summed E-state index contributed by atoms with van der Waals surface area (Å²) in [6, 6.07) is 3.35. The largest absolute Gasteiger partial charge is 0.464 e. The second kappa shape index (κ2) is 12.6. The number of carbonyl (C=O) groups excluding carboxylic acids is 2. The molecule has 0 aromatic carbocycles. The van der Waals surface area contributed by atoms with Crippen molar-refractivity contribution in [3.8, 4) is 0 Å². The first-order valence-electron chi connectivity index (χ1n) is 12.0. The van der Waals surface area contributed by atoms with Crippen LogP contribution in [0.15, 0.2) is 30.2 Å². The van der Waals surface area contributed by atoms with Gasteiger partial charge in [0.15, 0.2) is 11.5 Å². The summed E-state index contributed by atoms with van der Waals surface area (Å²) in [7, 11) is -3.77. The molecule has 0 fully saturated rings. The number of fused-ring (bicyclic) bond motifs is 1. The zero-order valence-corrected chi connectivity index (χ0v) is 23.2. The summed E-state index contributed by atoms with van der Waals surface area (Å²) in [6.07, 6.45) is 4.78. The summed E-state index contributed by atoms with van der Waals surface area (Å²) in [5.41, 5.74) is 5.53. The summed E-state index contributed by atoms with van der Waals surface area (Å²) in [6.45, 7) is 7.56. The van der Waals surface area contributed by atoms with E-state index in [0.29, 0.717) is 22.6 Å². The molecule has 12 nitrogen and oxygen atoms in total. The summed E-state index contributed by atoms with van der Waals surface area (Å²) in [4.78, 5) is 38.3. The number of nitrogens with two attached hydrogens (primary N) is 1. The highest BCUT2D eigenvalue weighted by Crippen LogP contribution is 2.40. The summed E-state index contributed by atoms with van der Waals surface area (Å²) < 4.78 is 27.0. The van der Waals surface area contributed by atoms with Crippen molar-refractivity contribution in [2.24, 2.45) is 0 Å². The summed E-state index contributed by atoms with van der Waals surface area (Å²) in [5, 5.41) is 7.13. The van der Waals surface area contributed by atoms with Crippen molar-refractivity contribution in [3.05, 3.63) is 35.0 Å². The minimum Gasteiger partial charge on any atom is -0.464 e. The van der Waals surface area contributed by atoms with Crippen LogP contribution in [0.5, 0.6) is 0 Å². The molecule has 2 atom stereocenters. The van der Waals surface area contributed by atoms with Gasteiger partial charge in [0, 0.05) is 0 Å². The maximum Gasteiger partial charge on any atom is 0.326 e. The molecule has 0 bridgehead atoms. The number of anilines is 1. The van der Waals surface area contributed by atoms with Crippen LogP contribution in [0.2, 0.25) is 0 Å². The highest BCUT2D eigenvalue weighted by molar-refractivity contribution is 7.60. The van der Waals surface area contributed by atoms with E-state index >= 15 is 0 Å². The second-order valence-electron chi connectivity index (χ2n) is 9.17. The number of nitrogen functional groups attached to an aromatic ring is 1. The van der Waals surface area contributed by atoms with Crippen LogP contribution >= 0.6 is 18.8 Å². The van der Waals surface area contributed by atoms with Crippen molar-refractivity contribution < 1.29 is 23.6 Å². The van der Waals surface area contributed by atoms with Gasteiger partial charge in [-0.25, -0.2) is 20.0 Å². The van der Waals surface area contributed by atoms with Gasteiger partial charge in [0.1, 0.15) is 23.7 Å². The highest BCUT2D eigenvalue weighted by atomic mass is 32.1. The third-order valence-electron chi connectivity index (χ3n) is 5.40. The lowest BCUT2D eigenvalue weighted by Crippen LogP contribution is -2.49. The number of hydrogen-bond donors (Lipinski definition) is 3.